The van der Waals surface area contributed by atoms with Crippen molar-refractivity contribution in [1.29, 1.82) is 0 Å². The van der Waals surface area contributed by atoms with Crippen molar-refractivity contribution in [2.24, 2.45) is 11.3 Å². The van der Waals surface area contributed by atoms with Gasteiger partial charge in [-0.1, -0.05) is 13.8 Å². The Morgan fingerprint density at radius 2 is 1.88 bits per heavy atom. The molecule has 98 valence electrons. The van der Waals surface area contributed by atoms with Crippen LogP contribution in [-0.4, -0.2) is 36.6 Å². The molecule has 1 saturated heterocycles. The number of rotatable bonds is 5. The van der Waals surface area contributed by atoms with Crippen LogP contribution in [0, 0.1) is 11.3 Å². The van der Waals surface area contributed by atoms with Gasteiger partial charge in [-0.15, -0.1) is 0 Å². The smallest absolute Gasteiger partial charge is 0.0246 e. The van der Waals surface area contributed by atoms with Crippen molar-refractivity contribution in [2.45, 2.75) is 64.5 Å². The molecule has 3 aliphatic rings. The molecule has 2 heteroatoms. The highest BCUT2D eigenvalue weighted by Gasteiger charge is 2.38. The van der Waals surface area contributed by atoms with Gasteiger partial charge in [0.05, 0.1) is 0 Å². The van der Waals surface area contributed by atoms with Gasteiger partial charge in [-0.25, -0.2) is 0 Å². The van der Waals surface area contributed by atoms with Gasteiger partial charge in [-0.05, 0) is 56.4 Å². The minimum Gasteiger partial charge on any atom is -0.312 e. The van der Waals surface area contributed by atoms with Crippen LogP contribution in [0.25, 0.3) is 0 Å². The molecular formula is C15H28N2. The molecule has 0 aromatic rings. The Kier molecular flexibility index (Phi) is 3.20. The van der Waals surface area contributed by atoms with Crippen molar-refractivity contribution in [2.75, 3.05) is 19.6 Å². The summed E-state index contributed by atoms with van der Waals surface area (Å²) in [5, 5.41) is 3.77. The first-order chi connectivity index (χ1) is 8.15. The van der Waals surface area contributed by atoms with Gasteiger partial charge < -0.3 is 5.32 Å². The third-order valence-electron chi connectivity index (χ3n) is 5.00. The largest absolute Gasteiger partial charge is 0.312 e. The first-order valence-electron chi connectivity index (χ1n) is 7.62. The number of piperidine rings is 1. The topological polar surface area (TPSA) is 15.3 Å². The zero-order valence-corrected chi connectivity index (χ0v) is 11.5. The van der Waals surface area contributed by atoms with Crippen LogP contribution in [0.5, 0.6) is 0 Å². The van der Waals surface area contributed by atoms with Gasteiger partial charge in [0.25, 0.3) is 0 Å². The minimum atomic E-state index is 0.495. The molecule has 2 aliphatic carbocycles. The molecule has 1 atom stereocenters. The van der Waals surface area contributed by atoms with E-state index in [-0.39, 0.29) is 0 Å². The summed E-state index contributed by atoms with van der Waals surface area (Å²) in [5.74, 6) is 1.04. The van der Waals surface area contributed by atoms with E-state index in [4.69, 9.17) is 0 Å². The number of hydrogen-bond donors (Lipinski definition) is 1. The molecule has 0 bridgehead atoms. The van der Waals surface area contributed by atoms with Gasteiger partial charge >= 0.3 is 0 Å². The van der Waals surface area contributed by atoms with E-state index in [9.17, 15) is 0 Å². The SMILES string of the molecule is CC1(C)CCCNC1CN(CC1CC1)C1CC1. The van der Waals surface area contributed by atoms with Crippen LogP contribution >= 0.6 is 0 Å². The highest BCUT2D eigenvalue weighted by atomic mass is 15.2. The molecule has 0 aromatic carbocycles. The standard InChI is InChI=1S/C15H28N2/c1-15(2)8-3-9-16-14(15)11-17(13-6-7-13)10-12-4-5-12/h12-14,16H,3-11H2,1-2H3. The van der Waals surface area contributed by atoms with E-state index in [2.05, 4.69) is 24.1 Å². The molecule has 3 rings (SSSR count). The molecule has 0 amide bonds. The van der Waals surface area contributed by atoms with Crippen LogP contribution in [0.4, 0.5) is 0 Å². The quantitative estimate of drug-likeness (QED) is 0.789. The van der Waals surface area contributed by atoms with Gasteiger partial charge in [-0.2, -0.15) is 0 Å². The average Bonchev–Trinajstić information content (AvgIpc) is 3.14. The highest BCUT2D eigenvalue weighted by molar-refractivity contribution is 4.95. The molecule has 2 nitrogen and oxygen atoms in total. The van der Waals surface area contributed by atoms with Crippen LogP contribution < -0.4 is 5.32 Å². The van der Waals surface area contributed by atoms with Crippen molar-refractivity contribution in [3.63, 3.8) is 0 Å². The van der Waals surface area contributed by atoms with Gasteiger partial charge in [0.1, 0.15) is 0 Å². The molecular weight excluding hydrogens is 208 g/mol. The van der Waals surface area contributed by atoms with Crippen LogP contribution in [0.15, 0.2) is 0 Å². The van der Waals surface area contributed by atoms with Crippen LogP contribution in [-0.2, 0) is 0 Å². The Bertz CT molecular complexity index is 266. The lowest BCUT2D eigenvalue weighted by molar-refractivity contribution is 0.119. The lowest BCUT2D eigenvalue weighted by Gasteiger charge is -2.42. The lowest BCUT2D eigenvalue weighted by atomic mass is 9.77. The third kappa shape index (κ3) is 3.03. The molecule has 1 N–H and O–H groups in total. The fraction of sp³-hybridized carbons (Fsp3) is 1.00. The Morgan fingerprint density at radius 3 is 2.47 bits per heavy atom. The summed E-state index contributed by atoms with van der Waals surface area (Å²) in [4.78, 5) is 2.81. The molecule has 1 aliphatic heterocycles. The fourth-order valence-electron chi connectivity index (χ4n) is 3.26. The van der Waals surface area contributed by atoms with Gasteiger partial charge in [0, 0.05) is 25.2 Å². The van der Waals surface area contributed by atoms with Crippen molar-refractivity contribution in [3.05, 3.63) is 0 Å². The zero-order chi connectivity index (χ0) is 11.9. The molecule has 17 heavy (non-hydrogen) atoms. The Labute approximate surface area is 106 Å². The molecule has 1 heterocycles. The molecule has 2 saturated carbocycles. The maximum Gasteiger partial charge on any atom is 0.0246 e. The van der Waals surface area contributed by atoms with Gasteiger partial charge in [0.15, 0.2) is 0 Å². The van der Waals surface area contributed by atoms with E-state index < -0.39 is 0 Å². The predicted molar refractivity (Wildman–Crippen MR) is 72.1 cm³/mol. The Hall–Kier alpha value is -0.0800. The fourth-order valence-corrected chi connectivity index (χ4v) is 3.26. The number of nitrogens with zero attached hydrogens (tertiary/aromatic N) is 1. The van der Waals surface area contributed by atoms with E-state index in [1.807, 2.05) is 0 Å². The van der Waals surface area contributed by atoms with Crippen LogP contribution in [0.2, 0.25) is 0 Å². The van der Waals surface area contributed by atoms with Crippen LogP contribution in [0.3, 0.4) is 0 Å². The maximum absolute atomic E-state index is 3.77. The summed E-state index contributed by atoms with van der Waals surface area (Å²) in [7, 11) is 0. The summed E-state index contributed by atoms with van der Waals surface area (Å²) in [6.07, 6.45) is 8.65. The summed E-state index contributed by atoms with van der Waals surface area (Å²) >= 11 is 0. The predicted octanol–water partition coefficient (Wildman–Crippen LogP) is 2.64. The zero-order valence-electron chi connectivity index (χ0n) is 11.5. The first-order valence-corrected chi connectivity index (χ1v) is 7.62. The van der Waals surface area contributed by atoms with E-state index in [0.29, 0.717) is 5.41 Å². The van der Waals surface area contributed by atoms with E-state index >= 15 is 0 Å². The normalized spacial score (nSPS) is 33.0. The summed E-state index contributed by atoms with van der Waals surface area (Å²) in [6, 6.07) is 1.66. The van der Waals surface area contributed by atoms with Crippen LogP contribution in [0.1, 0.15) is 52.4 Å². The first kappa shape index (κ1) is 12.0. The third-order valence-corrected chi connectivity index (χ3v) is 5.00. The summed E-state index contributed by atoms with van der Waals surface area (Å²) in [6.45, 7) is 8.82. The average molecular weight is 236 g/mol. The molecule has 0 radical (unpaired) electrons. The van der Waals surface area contributed by atoms with E-state index in [0.717, 1.165) is 18.0 Å². The number of hydrogen-bond acceptors (Lipinski definition) is 2. The highest BCUT2D eigenvalue weighted by Crippen LogP contribution is 2.37. The molecule has 0 aromatic heterocycles. The molecule has 1 unspecified atom stereocenters. The van der Waals surface area contributed by atoms with E-state index in [1.54, 1.807) is 0 Å². The van der Waals surface area contributed by atoms with Gasteiger partial charge in [0.2, 0.25) is 0 Å². The van der Waals surface area contributed by atoms with E-state index in [1.165, 1.54) is 58.2 Å². The minimum absolute atomic E-state index is 0.495. The monoisotopic (exact) mass is 236 g/mol. The van der Waals surface area contributed by atoms with Gasteiger partial charge in [-0.3, -0.25) is 4.90 Å². The second kappa shape index (κ2) is 4.55. The Balaban J connectivity index is 1.58. The lowest BCUT2D eigenvalue weighted by Crippen LogP contribution is -2.53. The van der Waals surface area contributed by atoms with Crippen molar-refractivity contribution < 1.29 is 0 Å². The van der Waals surface area contributed by atoms with Crippen molar-refractivity contribution in [1.82, 2.24) is 10.2 Å². The maximum atomic E-state index is 3.77. The Morgan fingerprint density at radius 1 is 1.12 bits per heavy atom. The number of nitrogens with one attached hydrogen (secondary N) is 1. The summed E-state index contributed by atoms with van der Waals surface area (Å²) in [5.41, 5.74) is 0.495. The van der Waals surface area contributed by atoms with Crippen molar-refractivity contribution >= 4 is 0 Å². The second-order valence-electron chi connectivity index (χ2n) is 7.23. The molecule has 0 spiro atoms. The molecule has 3 fully saturated rings. The second-order valence-corrected chi connectivity index (χ2v) is 7.23. The summed E-state index contributed by atoms with van der Waals surface area (Å²) < 4.78 is 0. The van der Waals surface area contributed by atoms with Crippen molar-refractivity contribution in [3.8, 4) is 0 Å².